The van der Waals surface area contributed by atoms with Crippen molar-refractivity contribution >= 4 is 28.6 Å². The third kappa shape index (κ3) is 3.64. The fourth-order valence-electron chi connectivity index (χ4n) is 3.15. The van der Waals surface area contributed by atoms with E-state index in [0.29, 0.717) is 17.5 Å². The average molecular weight is 329 g/mol. The second-order valence-electron chi connectivity index (χ2n) is 6.19. The summed E-state index contributed by atoms with van der Waals surface area (Å²) in [5.74, 6) is 1.13. The zero-order valence-corrected chi connectivity index (χ0v) is 13.7. The van der Waals surface area contributed by atoms with Gasteiger partial charge >= 0.3 is 0 Å². The lowest BCUT2D eigenvalue weighted by Gasteiger charge is -2.28. The molecule has 1 aliphatic rings. The van der Waals surface area contributed by atoms with Crippen molar-refractivity contribution in [3.8, 4) is 0 Å². The summed E-state index contributed by atoms with van der Waals surface area (Å²) in [5.41, 5.74) is 7.09. The summed E-state index contributed by atoms with van der Waals surface area (Å²) in [4.78, 5) is 20.6. The van der Waals surface area contributed by atoms with Gasteiger partial charge in [-0.15, -0.1) is 0 Å². The van der Waals surface area contributed by atoms with Gasteiger partial charge in [-0.1, -0.05) is 0 Å². The van der Waals surface area contributed by atoms with Crippen LogP contribution in [0.1, 0.15) is 25.7 Å². The molecule has 1 fully saturated rings. The molecule has 8 heteroatoms. The number of nitrogens with zero attached hydrogens (tertiary/aromatic N) is 3. The van der Waals surface area contributed by atoms with Gasteiger partial charge in [0.15, 0.2) is 11.6 Å². The Hall–Kier alpha value is -2.64. The normalized spacial score (nSPS) is 21.6. The van der Waals surface area contributed by atoms with Crippen LogP contribution in [0.15, 0.2) is 23.5 Å². The summed E-state index contributed by atoms with van der Waals surface area (Å²) < 4.78 is 0. The number of guanidine groups is 1. The standard InChI is InChI=1S/C16H23N7O/c1-18-16(17)20-8-10-2-4-11(5-3-10)15(24)22-13-6-7-19-14-12(13)9-21-23-14/h6-7,9-11H,2-5,8H2,1H3,(H3,17,18,20)(H2,19,21,22,23,24). The van der Waals surface area contributed by atoms with Gasteiger partial charge in [-0.2, -0.15) is 5.10 Å². The number of hydrogen-bond acceptors (Lipinski definition) is 4. The number of fused-ring (bicyclic) bond motifs is 1. The molecule has 24 heavy (non-hydrogen) atoms. The highest BCUT2D eigenvalue weighted by molar-refractivity contribution is 6.00. The monoisotopic (exact) mass is 329 g/mol. The van der Waals surface area contributed by atoms with E-state index >= 15 is 0 Å². The number of rotatable bonds is 4. The molecule has 1 aliphatic carbocycles. The van der Waals surface area contributed by atoms with Crippen LogP contribution in [-0.2, 0) is 4.79 Å². The molecule has 2 aromatic rings. The third-order valence-electron chi connectivity index (χ3n) is 4.64. The quantitative estimate of drug-likeness (QED) is 0.497. The third-order valence-corrected chi connectivity index (χ3v) is 4.64. The molecular weight excluding hydrogens is 306 g/mol. The van der Waals surface area contributed by atoms with Crippen LogP contribution in [0.5, 0.6) is 0 Å². The number of hydrogen-bond donors (Lipinski definition) is 4. The summed E-state index contributed by atoms with van der Waals surface area (Å²) in [6, 6.07) is 1.80. The average Bonchev–Trinajstić information content (AvgIpc) is 3.10. The highest BCUT2D eigenvalue weighted by Gasteiger charge is 2.26. The Morgan fingerprint density at radius 2 is 2.21 bits per heavy atom. The summed E-state index contributed by atoms with van der Waals surface area (Å²) in [6.45, 7) is 0.817. The number of nitrogens with one attached hydrogen (secondary N) is 3. The predicted octanol–water partition coefficient (Wildman–Crippen LogP) is 1.24. The molecule has 0 aromatic carbocycles. The molecule has 5 N–H and O–H groups in total. The Kier molecular flexibility index (Phi) is 4.93. The van der Waals surface area contributed by atoms with E-state index in [2.05, 4.69) is 30.8 Å². The van der Waals surface area contributed by atoms with Crippen molar-refractivity contribution < 1.29 is 4.79 Å². The number of aromatic amines is 1. The molecule has 0 spiro atoms. The lowest BCUT2D eigenvalue weighted by atomic mass is 9.81. The molecule has 0 radical (unpaired) electrons. The van der Waals surface area contributed by atoms with Gasteiger partial charge in [0.1, 0.15) is 0 Å². The maximum absolute atomic E-state index is 12.5. The number of anilines is 1. The number of pyridine rings is 1. The largest absolute Gasteiger partial charge is 0.370 e. The van der Waals surface area contributed by atoms with Crippen LogP contribution < -0.4 is 16.4 Å². The van der Waals surface area contributed by atoms with Gasteiger partial charge in [0.25, 0.3) is 0 Å². The van der Waals surface area contributed by atoms with Crippen LogP contribution in [-0.4, -0.2) is 40.6 Å². The van der Waals surface area contributed by atoms with Gasteiger partial charge in [0.05, 0.1) is 17.3 Å². The highest BCUT2D eigenvalue weighted by Crippen LogP contribution is 2.30. The van der Waals surface area contributed by atoms with Gasteiger partial charge < -0.3 is 16.4 Å². The smallest absolute Gasteiger partial charge is 0.227 e. The lowest BCUT2D eigenvalue weighted by molar-refractivity contribution is -0.121. The van der Waals surface area contributed by atoms with E-state index in [0.717, 1.165) is 43.3 Å². The van der Waals surface area contributed by atoms with Crippen LogP contribution in [0.2, 0.25) is 0 Å². The minimum Gasteiger partial charge on any atom is -0.370 e. The van der Waals surface area contributed by atoms with E-state index < -0.39 is 0 Å². The van der Waals surface area contributed by atoms with Crippen molar-refractivity contribution in [2.24, 2.45) is 22.6 Å². The van der Waals surface area contributed by atoms with Crippen LogP contribution >= 0.6 is 0 Å². The second kappa shape index (κ2) is 7.29. The maximum atomic E-state index is 12.5. The molecule has 128 valence electrons. The zero-order chi connectivity index (χ0) is 16.9. The summed E-state index contributed by atoms with van der Waals surface area (Å²) in [6.07, 6.45) is 7.15. The van der Waals surface area contributed by atoms with Crippen molar-refractivity contribution in [3.63, 3.8) is 0 Å². The Morgan fingerprint density at radius 3 is 2.96 bits per heavy atom. The van der Waals surface area contributed by atoms with Crippen LogP contribution in [0.3, 0.4) is 0 Å². The van der Waals surface area contributed by atoms with Crippen molar-refractivity contribution in [2.45, 2.75) is 25.7 Å². The van der Waals surface area contributed by atoms with Crippen LogP contribution in [0, 0.1) is 11.8 Å². The van der Waals surface area contributed by atoms with Crippen molar-refractivity contribution in [2.75, 3.05) is 18.9 Å². The fraction of sp³-hybridized carbons (Fsp3) is 0.500. The number of carbonyl (C=O) groups excluding carboxylic acids is 1. The molecule has 1 saturated carbocycles. The Morgan fingerprint density at radius 1 is 1.42 bits per heavy atom. The molecule has 0 atom stereocenters. The number of aromatic nitrogens is 3. The highest BCUT2D eigenvalue weighted by atomic mass is 16.1. The SMILES string of the molecule is CN=C(N)NCC1CCC(C(=O)Nc2ccnc3[nH]ncc23)CC1. The molecule has 0 unspecified atom stereocenters. The Bertz CT molecular complexity index is 731. The van der Waals surface area contributed by atoms with E-state index in [1.165, 1.54) is 0 Å². The molecule has 0 aliphatic heterocycles. The van der Waals surface area contributed by atoms with E-state index in [9.17, 15) is 4.79 Å². The van der Waals surface area contributed by atoms with Gasteiger partial charge in [-0.25, -0.2) is 4.98 Å². The van der Waals surface area contributed by atoms with E-state index in [4.69, 9.17) is 5.73 Å². The summed E-state index contributed by atoms with van der Waals surface area (Å²) in [5, 5.41) is 13.7. The number of amides is 1. The first-order chi connectivity index (χ1) is 11.7. The van der Waals surface area contributed by atoms with Crippen LogP contribution in [0.4, 0.5) is 5.69 Å². The zero-order valence-electron chi connectivity index (χ0n) is 13.7. The predicted molar refractivity (Wildman–Crippen MR) is 93.5 cm³/mol. The minimum absolute atomic E-state index is 0.0496. The fourth-order valence-corrected chi connectivity index (χ4v) is 3.15. The topological polar surface area (TPSA) is 121 Å². The van der Waals surface area contributed by atoms with E-state index in [-0.39, 0.29) is 11.8 Å². The lowest BCUT2D eigenvalue weighted by Crippen LogP contribution is -2.37. The van der Waals surface area contributed by atoms with Crippen molar-refractivity contribution in [1.82, 2.24) is 20.5 Å². The maximum Gasteiger partial charge on any atom is 0.227 e. The van der Waals surface area contributed by atoms with E-state index in [1.807, 2.05) is 0 Å². The summed E-state index contributed by atoms with van der Waals surface area (Å²) >= 11 is 0. The second-order valence-corrected chi connectivity index (χ2v) is 6.19. The Balaban J connectivity index is 1.53. The van der Waals surface area contributed by atoms with E-state index in [1.54, 1.807) is 25.5 Å². The molecule has 2 aromatic heterocycles. The summed E-state index contributed by atoms with van der Waals surface area (Å²) in [7, 11) is 1.67. The minimum atomic E-state index is 0.0496. The molecule has 2 heterocycles. The van der Waals surface area contributed by atoms with Crippen molar-refractivity contribution in [1.29, 1.82) is 0 Å². The molecule has 1 amide bonds. The van der Waals surface area contributed by atoms with Gasteiger partial charge in [0, 0.05) is 25.7 Å². The number of carbonyl (C=O) groups is 1. The molecule has 8 nitrogen and oxygen atoms in total. The van der Waals surface area contributed by atoms with Gasteiger partial charge in [0.2, 0.25) is 5.91 Å². The number of H-pyrrole nitrogens is 1. The van der Waals surface area contributed by atoms with Gasteiger partial charge in [-0.05, 0) is 37.7 Å². The molecular formula is C16H23N7O. The first kappa shape index (κ1) is 16.2. The van der Waals surface area contributed by atoms with Gasteiger partial charge in [-0.3, -0.25) is 14.9 Å². The number of aliphatic imine (C=N–C) groups is 1. The van der Waals surface area contributed by atoms with Crippen molar-refractivity contribution in [3.05, 3.63) is 18.5 Å². The Labute approximate surface area is 140 Å². The van der Waals surface area contributed by atoms with Crippen LogP contribution in [0.25, 0.3) is 11.0 Å². The molecule has 3 rings (SSSR count). The number of nitrogens with two attached hydrogens (primary N) is 1. The first-order valence-corrected chi connectivity index (χ1v) is 8.22. The first-order valence-electron chi connectivity index (χ1n) is 8.22. The molecule has 0 bridgehead atoms. The molecule has 0 saturated heterocycles.